The second-order valence-electron chi connectivity index (χ2n) is 6.60. The Hall–Kier alpha value is -2.25. The highest BCUT2D eigenvalue weighted by atomic mass is 79.9. The van der Waals surface area contributed by atoms with Crippen molar-refractivity contribution in [1.29, 1.82) is 0 Å². The summed E-state index contributed by atoms with van der Waals surface area (Å²) in [7, 11) is 3.92. The van der Waals surface area contributed by atoms with Crippen LogP contribution in [0.2, 0.25) is 0 Å². The van der Waals surface area contributed by atoms with E-state index in [1.165, 1.54) is 4.90 Å². The molecular formula is C21H21BrN2O3S. The number of thioether (sulfide) groups is 1. The molecule has 2 aromatic carbocycles. The molecule has 3 rings (SSSR count). The summed E-state index contributed by atoms with van der Waals surface area (Å²) in [6.07, 6.45) is 1.75. The van der Waals surface area contributed by atoms with Crippen LogP contribution in [0, 0.1) is 6.92 Å². The Morgan fingerprint density at radius 2 is 1.96 bits per heavy atom. The number of carbonyl (C=O) groups excluding carboxylic acids is 2. The number of benzene rings is 2. The summed E-state index contributed by atoms with van der Waals surface area (Å²) in [5.74, 6) is 0.448. The molecule has 0 bridgehead atoms. The molecule has 1 saturated heterocycles. The predicted molar refractivity (Wildman–Crippen MR) is 118 cm³/mol. The zero-order valence-electron chi connectivity index (χ0n) is 15.9. The van der Waals surface area contributed by atoms with Crippen molar-refractivity contribution in [1.82, 2.24) is 4.90 Å². The molecule has 0 saturated carbocycles. The van der Waals surface area contributed by atoms with Crippen LogP contribution in [0.3, 0.4) is 0 Å². The molecule has 0 atom stereocenters. The molecule has 0 radical (unpaired) electrons. The Morgan fingerprint density at radius 3 is 2.64 bits per heavy atom. The lowest BCUT2D eigenvalue weighted by atomic mass is 10.2. The number of nitrogens with zero attached hydrogens (tertiary/aromatic N) is 2. The fourth-order valence-electron chi connectivity index (χ4n) is 2.78. The Labute approximate surface area is 177 Å². The number of hydrogen-bond donors (Lipinski definition) is 0. The normalized spacial score (nSPS) is 15.4. The van der Waals surface area contributed by atoms with Gasteiger partial charge in [-0.3, -0.25) is 14.5 Å². The van der Waals surface area contributed by atoms with Crippen molar-refractivity contribution in [3.8, 4) is 5.75 Å². The number of aryl methyl sites for hydroxylation is 1. The molecule has 0 unspecified atom stereocenters. The van der Waals surface area contributed by atoms with E-state index in [4.69, 9.17) is 4.74 Å². The van der Waals surface area contributed by atoms with Crippen molar-refractivity contribution in [2.45, 2.75) is 6.92 Å². The maximum Gasteiger partial charge on any atom is 0.293 e. The molecule has 2 aromatic rings. The van der Waals surface area contributed by atoms with E-state index in [0.29, 0.717) is 4.91 Å². The van der Waals surface area contributed by atoms with Crippen LogP contribution in [0.4, 0.5) is 10.5 Å². The molecule has 5 nitrogen and oxygen atoms in total. The van der Waals surface area contributed by atoms with E-state index in [-0.39, 0.29) is 24.3 Å². The molecule has 0 aromatic heterocycles. The van der Waals surface area contributed by atoms with Crippen molar-refractivity contribution in [3.05, 3.63) is 63.0 Å². The van der Waals surface area contributed by atoms with E-state index >= 15 is 0 Å². The fraction of sp³-hybridized carbons (Fsp3) is 0.238. The van der Waals surface area contributed by atoms with Crippen LogP contribution in [0.1, 0.15) is 11.1 Å². The van der Waals surface area contributed by atoms with Gasteiger partial charge in [-0.25, -0.2) is 0 Å². The highest BCUT2D eigenvalue weighted by Gasteiger charge is 2.34. The summed E-state index contributed by atoms with van der Waals surface area (Å²) >= 11 is 4.50. The second-order valence-corrected chi connectivity index (χ2v) is 8.45. The average Bonchev–Trinajstić information content (AvgIpc) is 2.89. The minimum Gasteiger partial charge on any atom is -0.492 e. The second kappa shape index (κ2) is 8.84. The standard InChI is InChI=1S/C21H21BrN2O3S/c1-14-5-4-6-16(11-14)27-10-9-24-20(25)19(28-21(24)26)13-15-7-8-18(23(2)3)17(22)12-15/h4-8,11-13H,9-10H2,1-3H3/b19-13-. The van der Waals surface area contributed by atoms with Gasteiger partial charge >= 0.3 is 0 Å². The molecule has 0 aliphatic carbocycles. The van der Waals surface area contributed by atoms with E-state index in [1.54, 1.807) is 6.08 Å². The lowest BCUT2D eigenvalue weighted by Crippen LogP contribution is -2.32. The van der Waals surface area contributed by atoms with Crippen molar-refractivity contribution in [2.24, 2.45) is 0 Å². The highest BCUT2D eigenvalue weighted by molar-refractivity contribution is 9.10. The maximum atomic E-state index is 12.6. The number of carbonyl (C=O) groups is 2. The van der Waals surface area contributed by atoms with Crippen LogP contribution >= 0.6 is 27.7 Å². The number of ether oxygens (including phenoxy) is 1. The summed E-state index contributed by atoms with van der Waals surface area (Å²) in [5.41, 5.74) is 3.00. The van der Waals surface area contributed by atoms with Gasteiger partial charge in [-0.15, -0.1) is 0 Å². The van der Waals surface area contributed by atoms with Gasteiger partial charge in [0.05, 0.1) is 17.1 Å². The van der Waals surface area contributed by atoms with Crippen LogP contribution in [0.15, 0.2) is 51.8 Å². The van der Waals surface area contributed by atoms with Gasteiger partial charge < -0.3 is 9.64 Å². The molecule has 1 aliphatic heterocycles. The average molecular weight is 461 g/mol. The van der Waals surface area contributed by atoms with Crippen LogP contribution in [0.5, 0.6) is 5.75 Å². The van der Waals surface area contributed by atoms with Gasteiger partial charge in [0, 0.05) is 18.6 Å². The van der Waals surface area contributed by atoms with Crippen molar-refractivity contribution < 1.29 is 14.3 Å². The van der Waals surface area contributed by atoms with Gasteiger partial charge in [0.1, 0.15) is 12.4 Å². The topological polar surface area (TPSA) is 49.9 Å². The summed E-state index contributed by atoms with van der Waals surface area (Å²) in [4.78, 5) is 28.5. The van der Waals surface area contributed by atoms with Crippen molar-refractivity contribution in [3.63, 3.8) is 0 Å². The van der Waals surface area contributed by atoms with E-state index in [0.717, 1.165) is 38.8 Å². The molecule has 1 heterocycles. The van der Waals surface area contributed by atoms with Gasteiger partial charge in [0.15, 0.2) is 0 Å². The number of halogens is 1. The SMILES string of the molecule is Cc1cccc(OCCN2C(=O)S/C(=C\c3ccc(N(C)C)c(Br)c3)C2=O)c1. The number of amides is 2. The third-order valence-electron chi connectivity index (χ3n) is 4.20. The minimum atomic E-state index is -0.282. The Morgan fingerprint density at radius 1 is 1.18 bits per heavy atom. The molecular weight excluding hydrogens is 440 g/mol. The molecule has 2 amide bonds. The highest BCUT2D eigenvalue weighted by Crippen LogP contribution is 2.33. The van der Waals surface area contributed by atoms with Crippen LogP contribution in [0.25, 0.3) is 6.08 Å². The summed E-state index contributed by atoms with van der Waals surface area (Å²) in [6, 6.07) is 13.5. The Balaban J connectivity index is 1.66. The predicted octanol–water partition coefficient (Wildman–Crippen LogP) is 4.94. The van der Waals surface area contributed by atoms with E-state index in [2.05, 4.69) is 15.9 Å². The third-order valence-corrected chi connectivity index (χ3v) is 5.74. The fourth-order valence-corrected chi connectivity index (χ4v) is 4.40. The smallest absolute Gasteiger partial charge is 0.293 e. The number of anilines is 1. The molecule has 1 aliphatic rings. The summed E-state index contributed by atoms with van der Waals surface area (Å²) < 4.78 is 6.59. The van der Waals surface area contributed by atoms with Gasteiger partial charge in [-0.2, -0.15) is 0 Å². The van der Waals surface area contributed by atoms with Gasteiger partial charge in [0.25, 0.3) is 11.1 Å². The quantitative estimate of drug-likeness (QED) is 0.571. The molecule has 0 N–H and O–H groups in total. The van der Waals surface area contributed by atoms with Gasteiger partial charge in [-0.1, -0.05) is 18.2 Å². The summed E-state index contributed by atoms with van der Waals surface area (Å²) in [6.45, 7) is 2.47. The zero-order chi connectivity index (χ0) is 20.3. The van der Waals surface area contributed by atoms with Crippen LogP contribution in [-0.4, -0.2) is 43.3 Å². The lowest BCUT2D eigenvalue weighted by Gasteiger charge is -2.15. The first-order valence-electron chi connectivity index (χ1n) is 8.77. The van der Waals surface area contributed by atoms with Crippen LogP contribution < -0.4 is 9.64 Å². The third kappa shape index (κ3) is 4.77. The monoisotopic (exact) mass is 460 g/mol. The first-order valence-corrected chi connectivity index (χ1v) is 10.4. The zero-order valence-corrected chi connectivity index (χ0v) is 18.3. The molecule has 0 spiro atoms. The van der Waals surface area contributed by atoms with Crippen LogP contribution in [-0.2, 0) is 4.79 Å². The Kier molecular flexibility index (Phi) is 6.46. The largest absolute Gasteiger partial charge is 0.492 e. The lowest BCUT2D eigenvalue weighted by molar-refractivity contribution is -0.123. The molecule has 28 heavy (non-hydrogen) atoms. The van der Waals surface area contributed by atoms with Gasteiger partial charge in [-0.05, 0) is 76.1 Å². The number of hydrogen-bond acceptors (Lipinski definition) is 5. The van der Waals surface area contributed by atoms with E-state index in [9.17, 15) is 9.59 Å². The summed E-state index contributed by atoms with van der Waals surface area (Å²) in [5, 5.41) is -0.270. The first-order chi connectivity index (χ1) is 13.3. The molecule has 146 valence electrons. The number of rotatable bonds is 6. The molecule has 7 heteroatoms. The molecule has 1 fully saturated rings. The Bertz CT molecular complexity index is 943. The maximum absolute atomic E-state index is 12.6. The van der Waals surface area contributed by atoms with Gasteiger partial charge in [0.2, 0.25) is 0 Å². The van der Waals surface area contributed by atoms with E-state index < -0.39 is 0 Å². The first kappa shape index (κ1) is 20.5. The van der Waals surface area contributed by atoms with Crippen molar-refractivity contribution in [2.75, 3.05) is 32.1 Å². The van der Waals surface area contributed by atoms with Crippen molar-refractivity contribution >= 4 is 50.6 Å². The van der Waals surface area contributed by atoms with E-state index in [1.807, 2.05) is 68.4 Å². The number of imide groups is 1. The minimum absolute atomic E-state index is 0.221.